The number of halogens is 1. The van der Waals surface area contributed by atoms with E-state index in [2.05, 4.69) is 22.0 Å². The van der Waals surface area contributed by atoms with Crippen molar-refractivity contribution in [2.24, 2.45) is 5.92 Å². The van der Waals surface area contributed by atoms with E-state index in [1.807, 2.05) is 35.0 Å². The van der Waals surface area contributed by atoms with E-state index < -0.39 is 5.60 Å². The van der Waals surface area contributed by atoms with E-state index in [1.165, 1.54) is 32.1 Å². The fraction of sp³-hybridized carbons (Fsp3) is 0.520. The van der Waals surface area contributed by atoms with Gasteiger partial charge >= 0.3 is 0 Å². The zero-order valence-corrected chi connectivity index (χ0v) is 18.8. The first-order chi connectivity index (χ1) is 15.1. The van der Waals surface area contributed by atoms with Crippen molar-refractivity contribution in [1.29, 1.82) is 0 Å². The van der Waals surface area contributed by atoms with Crippen molar-refractivity contribution >= 4 is 17.2 Å². The van der Waals surface area contributed by atoms with Crippen LogP contribution in [-0.4, -0.2) is 49.6 Å². The number of aromatic nitrogens is 3. The maximum absolute atomic E-state index is 10.9. The second-order valence-electron chi connectivity index (χ2n) is 9.44. The summed E-state index contributed by atoms with van der Waals surface area (Å²) in [7, 11) is 0. The summed E-state index contributed by atoms with van der Waals surface area (Å²) in [4.78, 5) is 11.9. The Hall–Kier alpha value is -1.95. The van der Waals surface area contributed by atoms with Crippen LogP contribution in [0, 0.1) is 5.92 Å². The van der Waals surface area contributed by atoms with Gasteiger partial charge in [0.2, 0.25) is 0 Å². The Morgan fingerprint density at radius 3 is 2.68 bits per heavy atom. The van der Waals surface area contributed by atoms with Crippen molar-refractivity contribution in [3.8, 4) is 11.4 Å². The lowest BCUT2D eigenvalue weighted by Gasteiger charge is -2.40. The quantitative estimate of drug-likeness (QED) is 0.609. The van der Waals surface area contributed by atoms with Crippen LogP contribution in [0.4, 0.5) is 0 Å². The third-order valence-corrected chi connectivity index (χ3v) is 7.27. The van der Waals surface area contributed by atoms with E-state index in [0.29, 0.717) is 10.9 Å². The summed E-state index contributed by atoms with van der Waals surface area (Å²) in [6, 6.07) is 10.1. The Balaban J connectivity index is 1.22. The molecule has 5 nitrogen and oxygen atoms in total. The van der Waals surface area contributed by atoms with Crippen molar-refractivity contribution in [2.45, 2.75) is 57.0 Å². The molecule has 3 aromatic heterocycles. The lowest BCUT2D eigenvalue weighted by molar-refractivity contribution is -0.0326. The zero-order chi connectivity index (χ0) is 21.3. The molecular formula is C25H31ClN4O. The van der Waals surface area contributed by atoms with Gasteiger partial charge in [-0.2, -0.15) is 0 Å². The second kappa shape index (κ2) is 8.89. The summed E-state index contributed by atoms with van der Waals surface area (Å²) < 4.78 is 2.00. The van der Waals surface area contributed by atoms with Gasteiger partial charge in [0.1, 0.15) is 5.65 Å². The number of rotatable bonds is 5. The number of imidazole rings is 1. The summed E-state index contributed by atoms with van der Waals surface area (Å²) >= 11 is 6.19. The smallest absolute Gasteiger partial charge is 0.137 e. The molecule has 2 aliphatic rings. The van der Waals surface area contributed by atoms with Crippen LogP contribution >= 0.6 is 11.6 Å². The maximum Gasteiger partial charge on any atom is 0.137 e. The number of likely N-dealkylation sites (tertiary alicyclic amines) is 1. The van der Waals surface area contributed by atoms with Gasteiger partial charge in [0.05, 0.1) is 28.2 Å². The molecule has 31 heavy (non-hydrogen) atoms. The van der Waals surface area contributed by atoms with Crippen LogP contribution in [0.15, 0.2) is 42.7 Å². The Bertz CT molecular complexity index is 1030. The molecule has 0 atom stereocenters. The number of piperidine rings is 1. The fourth-order valence-electron chi connectivity index (χ4n) is 5.31. The van der Waals surface area contributed by atoms with Gasteiger partial charge in [-0.25, -0.2) is 4.98 Å². The molecule has 1 aliphatic carbocycles. The van der Waals surface area contributed by atoms with Crippen molar-refractivity contribution in [1.82, 2.24) is 19.3 Å². The van der Waals surface area contributed by atoms with E-state index >= 15 is 0 Å². The van der Waals surface area contributed by atoms with Gasteiger partial charge in [-0.3, -0.25) is 9.38 Å². The van der Waals surface area contributed by atoms with Crippen LogP contribution in [0.1, 0.15) is 50.6 Å². The Kier molecular flexibility index (Phi) is 6.00. The minimum absolute atomic E-state index is 0.447. The first-order valence-corrected chi connectivity index (χ1v) is 12.0. The first kappa shape index (κ1) is 20.9. The van der Waals surface area contributed by atoms with E-state index in [0.717, 1.165) is 61.6 Å². The van der Waals surface area contributed by atoms with E-state index in [1.54, 1.807) is 0 Å². The normalized spacial score (nSPS) is 20.3. The van der Waals surface area contributed by atoms with E-state index in [-0.39, 0.29) is 0 Å². The molecule has 1 N–H and O–H groups in total. The van der Waals surface area contributed by atoms with Gasteiger partial charge in [0, 0.05) is 18.4 Å². The molecule has 0 unspecified atom stereocenters. The number of aliphatic hydroxyl groups is 1. The number of nitrogens with zero attached hydrogens (tertiary/aromatic N) is 4. The highest BCUT2D eigenvalue weighted by molar-refractivity contribution is 6.30. The predicted molar refractivity (Wildman–Crippen MR) is 124 cm³/mol. The standard InChI is InChI=1S/C25H31ClN4O/c26-20-7-8-24-27-16-23(30(24)17-20)22-6-4-5-21(28-22)15-19-9-13-29(14-10-19)18-25(31)11-2-1-3-12-25/h4-8,16-17,19,31H,1-3,9-15,18H2. The zero-order valence-electron chi connectivity index (χ0n) is 18.0. The van der Waals surface area contributed by atoms with Crippen LogP contribution in [0.3, 0.4) is 0 Å². The monoisotopic (exact) mass is 438 g/mol. The molecule has 1 saturated carbocycles. The molecule has 164 valence electrons. The fourth-order valence-corrected chi connectivity index (χ4v) is 5.47. The number of pyridine rings is 2. The molecule has 5 rings (SSSR count). The highest BCUT2D eigenvalue weighted by Crippen LogP contribution is 2.31. The van der Waals surface area contributed by atoms with Gasteiger partial charge in [-0.1, -0.05) is 36.9 Å². The summed E-state index contributed by atoms with van der Waals surface area (Å²) in [5.41, 5.74) is 3.47. The lowest BCUT2D eigenvalue weighted by atomic mass is 9.83. The van der Waals surface area contributed by atoms with Crippen LogP contribution in [-0.2, 0) is 6.42 Å². The molecule has 6 heteroatoms. The summed E-state index contributed by atoms with van der Waals surface area (Å²) in [5.74, 6) is 0.650. The molecule has 0 radical (unpaired) electrons. The van der Waals surface area contributed by atoms with Crippen LogP contribution in [0.2, 0.25) is 5.02 Å². The number of β-amino-alcohol motifs (C(OH)–C–C–N with tert-alkyl or cyclic N) is 1. The van der Waals surface area contributed by atoms with Crippen LogP contribution in [0.25, 0.3) is 17.0 Å². The van der Waals surface area contributed by atoms with Gasteiger partial charge in [0.15, 0.2) is 0 Å². The molecule has 1 saturated heterocycles. The van der Waals surface area contributed by atoms with Crippen molar-refractivity contribution in [2.75, 3.05) is 19.6 Å². The third-order valence-electron chi connectivity index (χ3n) is 7.05. The molecule has 3 aromatic rings. The molecule has 1 aliphatic heterocycles. The summed E-state index contributed by atoms with van der Waals surface area (Å²) in [6.07, 6.45) is 12.7. The van der Waals surface area contributed by atoms with Gasteiger partial charge in [-0.05, 0) is 75.4 Å². The van der Waals surface area contributed by atoms with E-state index in [9.17, 15) is 5.11 Å². The molecule has 0 aromatic carbocycles. The van der Waals surface area contributed by atoms with Crippen molar-refractivity contribution < 1.29 is 5.11 Å². The average Bonchev–Trinajstić information content (AvgIpc) is 3.19. The molecule has 2 fully saturated rings. The van der Waals surface area contributed by atoms with Crippen LogP contribution < -0.4 is 0 Å². The molecule has 0 spiro atoms. The minimum atomic E-state index is -0.447. The Labute approximate surface area is 189 Å². The number of hydrogen-bond donors (Lipinski definition) is 1. The maximum atomic E-state index is 10.9. The predicted octanol–water partition coefficient (Wildman–Crippen LogP) is 5.00. The topological polar surface area (TPSA) is 53.7 Å². The van der Waals surface area contributed by atoms with Crippen LogP contribution in [0.5, 0.6) is 0 Å². The number of hydrogen-bond acceptors (Lipinski definition) is 4. The molecule has 4 heterocycles. The molecule has 0 bridgehead atoms. The highest BCUT2D eigenvalue weighted by atomic mass is 35.5. The number of fused-ring (bicyclic) bond motifs is 1. The first-order valence-electron chi connectivity index (χ1n) is 11.6. The molecular weight excluding hydrogens is 408 g/mol. The Morgan fingerprint density at radius 1 is 1.06 bits per heavy atom. The van der Waals surface area contributed by atoms with Gasteiger partial charge in [-0.15, -0.1) is 0 Å². The van der Waals surface area contributed by atoms with E-state index in [4.69, 9.17) is 16.6 Å². The molecule has 0 amide bonds. The largest absolute Gasteiger partial charge is 0.389 e. The van der Waals surface area contributed by atoms with Crippen molar-refractivity contribution in [3.63, 3.8) is 0 Å². The van der Waals surface area contributed by atoms with Gasteiger partial charge < -0.3 is 10.0 Å². The Morgan fingerprint density at radius 2 is 1.87 bits per heavy atom. The average molecular weight is 439 g/mol. The summed E-state index contributed by atoms with van der Waals surface area (Å²) in [5, 5.41) is 11.6. The minimum Gasteiger partial charge on any atom is -0.389 e. The van der Waals surface area contributed by atoms with Crippen molar-refractivity contribution in [3.05, 3.63) is 53.4 Å². The SMILES string of the molecule is OC1(CN2CCC(Cc3cccc(-c4cnc5ccc(Cl)cn45)n3)CC2)CCCCC1. The summed E-state index contributed by atoms with van der Waals surface area (Å²) in [6.45, 7) is 3.02. The van der Waals surface area contributed by atoms with Gasteiger partial charge in [0.25, 0.3) is 0 Å². The third kappa shape index (κ3) is 4.79. The second-order valence-corrected chi connectivity index (χ2v) is 9.88. The lowest BCUT2D eigenvalue weighted by Crippen LogP contribution is -2.47. The highest BCUT2D eigenvalue weighted by Gasteiger charge is 2.32.